The first-order valence-electron chi connectivity index (χ1n) is 6.40. The molecule has 1 amide bonds. The van der Waals surface area contributed by atoms with Crippen LogP contribution in [0.1, 0.15) is 21.5 Å². The second-order valence-corrected chi connectivity index (χ2v) is 4.77. The van der Waals surface area contributed by atoms with Crippen molar-refractivity contribution in [2.45, 2.75) is 13.0 Å². The van der Waals surface area contributed by atoms with Crippen LogP contribution in [0.2, 0.25) is 0 Å². The number of hydrogen-bond donors (Lipinski definition) is 3. The maximum atomic E-state index is 11.1. The summed E-state index contributed by atoms with van der Waals surface area (Å²) in [6.45, 7) is 1.85. The van der Waals surface area contributed by atoms with Crippen LogP contribution in [0.5, 0.6) is 0 Å². The number of nitrogens with one attached hydrogen (secondary N) is 1. The molecule has 1 aromatic heterocycles. The molecular formula is C14H15N5O. The number of benzene rings is 1. The van der Waals surface area contributed by atoms with Gasteiger partial charge in [-0.25, -0.2) is 9.97 Å². The number of carbonyl (C=O) groups excluding carboxylic acids is 1. The highest BCUT2D eigenvalue weighted by Crippen LogP contribution is 2.22. The Morgan fingerprint density at radius 3 is 2.90 bits per heavy atom. The van der Waals surface area contributed by atoms with Crippen LogP contribution in [0.15, 0.2) is 24.4 Å². The highest BCUT2D eigenvalue weighted by molar-refractivity contribution is 5.96. The van der Waals surface area contributed by atoms with Gasteiger partial charge in [-0.1, -0.05) is 12.1 Å². The second kappa shape index (κ2) is 4.90. The van der Waals surface area contributed by atoms with E-state index < -0.39 is 5.91 Å². The zero-order valence-electron chi connectivity index (χ0n) is 10.9. The summed E-state index contributed by atoms with van der Waals surface area (Å²) in [6.07, 6.45) is 2.40. The highest BCUT2D eigenvalue weighted by Gasteiger charge is 2.13. The Kier molecular flexibility index (Phi) is 3.08. The predicted octanol–water partition coefficient (Wildman–Crippen LogP) is 0.470. The first-order valence-corrected chi connectivity index (χ1v) is 6.40. The lowest BCUT2D eigenvalue weighted by molar-refractivity contribution is 0.100. The molecule has 0 bridgehead atoms. The molecule has 0 radical (unpaired) electrons. The minimum atomic E-state index is -0.622. The number of amides is 1. The zero-order chi connectivity index (χ0) is 14.1. The van der Waals surface area contributed by atoms with Gasteiger partial charge < -0.3 is 16.8 Å². The third-order valence-electron chi connectivity index (χ3n) is 3.43. The molecule has 0 aliphatic carbocycles. The molecule has 3 rings (SSSR count). The third-order valence-corrected chi connectivity index (χ3v) is 3.43. The molecule has 102 valence electrons. The summed E-state index contributed by atoms with van der Waals surface area (Å²) < 4.78 is 0. The molecule has 0 unspecified atom stereocenters. The normalized spacial score (nSPS) is 13.8. The van der Waals surface area contributed by atoms with Gasteiger partial charge in [-0.05, 0) is 30.2 Å². The van der Waals surface area contributed by atoms with Crippen molar-refractivity contribution in [2.24, 2.45) is 5.73 Å². The van der Waals surface area contributed by atoms with Crippen LogP contribution in [0.3, 0.4) is 0 Å². The number of rotatable bonds is 2. The van der Waals surface area contributed by atoms with Gasteiger partial charge in [-0.15, -0.1) is 0 Å². The molecule has 20 heavy (non-hydrogen) atoms. The molecule has 0 fully saturated rings. The fourth-order valence-corrected chi connectivity index (χ4v) is 2.34. The summed E-state index contributed by atoms with van der Waals surface area (Å²) >= 11 is 0. The maximum absolute atomic E-state index is 11.1. The Bertz CT molecular complexity index is 683. The topological polar surface area (TPSA) is 107 Å². The summed E-state index contributed by atoms with van der Waals surface area (Å²) in [5.74, 6) is -0.0112. The van der Waals surface area contributed by atoms with Gasteiger partial charge in [0.25, 0.3) is 5.91 Å². The third kappa shape index (κ3) is 2.21. The van der Waals surface area contributed by atoms with Crippen molar-refractivity contribution in [1.82, 2.24) is 15.3 Å². The molecule has 0 saturated carbocycles. The van der Waals surface area contributed by atoms with Gasteiger partial charge in [0.05, 0.1) is 5.56 Å². The summed E-state index contributed by atoms with van der Waals surface area (Å²) in [7, 11) is 0. The quantitative estimate of drug-likeness (QED) is 0.734. The number of nitrogen functional groups attached to an aromatic ring is 1. The lowest BCUT2D eigenvalue weighted by atomic mass is 9.98. The number of fused-ring (bicyclic) bond motifs is 1. The molecule has 6 nitrogen and oxygen atoms in total. The van der Waals surface area contributed by atoms with Crippen molar-refractivity contribution in [1.29, 1.82) is 0 Å². The standard InChI is InChI=1S/C14H15N5O/c15-12-11(13(16)20)7-18-14(19-12)9-2-1-8-3-4-17-6-10(8)5-9/h1-2,5,7,17H,3-4,6H2,(H2,16,20)(H2,15,18,19). The molecule has 2 aromatic rings. The summed E-state index contributed by atoms with van der Waals surface area (Å²) in [5, 5.41) is 3.33. The lowest BCUT2D eigenvalue weighted by Gasteiger charge is -2.17. The number of carbonyl (C=O) groups is 1. The van der Waals surface area contributed by atoms with Gasteiger partial charge in [0.2, 0.25) is 0 Å². The van der Waals surface area contributed by atoms with Crippen molar-refractivity contribution in [3.8, 4) is 11.4 Å². The first kappa shape index (κ1) is 12.6. The Balaban J connectivity index is 2.01. The van der Waals surface area contributed by atoms with Crippen LogP contribution < -0.4 is 16.8 Å². The van der Waals surface area contributed by atoms with E-state index in [1.807, 2.05) is 6.07 Å². The summed E-state index contributed by atoms with van der Waals surface area (Å²) in [6, 6.07) is 6.12. The molecule has 6 heteroatoms. The number of aromatic nitrogens is 2. The van der Waals surface area contributed by atoms with E-state index in [9.17, 15) is 4.79 Å². The maximum Gasteiger partial charge on any atom is 0.254 e. The van der Waals surface area contributed by atoms with Crippen molar-refractivity contribution in [3.05, 3.63) is 41.1 Å². The fraction of sp³-hybridized carbons (Fsp3) is 0.214. The van der Waals surface area contributed by atoms with Gasteiger partial charge >= 0.3 is 0 Å². The molecule has 2 heterocycles. The summed E-state index contributed by atoms with van der Waals surface area (Å²) in [5.41, 5.74) is 14.5. The summed E-state index contributed by atoms with van der Waals surface area (Å²) in [4.78, 5) is 19.4. The minimum Gasteiger partial charge on any atom is -0.383 e. The average Bonchev–Trinajstić information content (AvgIpc) is 2.46. The number of primary amides is 1. The van der Waals surface area contributed by atoms with Gasteiger partial charge in [0, 0.05) is 18.3 Å². The van der Waals surface area contributed by atoms with Crippen LogP contribution in [0.25, 0.3) is 11.4 Å². The Hall–Kier alpha value is -2.47. The van der Waals surface area contributed by atoms with Crippen molar-refractivity contribution >= 4 is 11.7 Å². The van der Waals surface area contributed by atoms with E-state index in [0.29, 0.717) is 5.82 Å². The molecule has 1 aliphatic heterocycles. The van der Waals surface area contributed by atoms with Crippen LogP contribution in [0, 0.1) is 0 Å². The Morgan fingerprint density at radius 2 is 2.15 bits per heavy atom. The first-order chi connectivity index (χ1) is 9.65. The molecular weight excluding hydrogens is 254 g/mol. The van der Waals surface area contributed by atoms with E-state index in [2.05, 4.69) is 27.4 Å². The van der Waals surface area contributed by atoms with Crippen molar-refractivity contribution < 1.29 is 4.79 Å². The smallest absolute Gasteiger partial charge is 0.254 e. The van der Waals surface area contributed by atoms with E-state index >= 15 is 0 Å². The van der Waals surface area contributed by atoms with Crippen LogP contribution in [-0.4, -0.2) is 22.4 Å². The van der Waals surface area contributed by atoms with Gasteiger partial charge in [0.1, 0.15) is 5.82 Å². The number of nitrogens with two attached hydrogens (primary N) is 2. The van der Waals surface area contributed by atoms with Gasteiger partial charge in [-0.3, -0.25) is 4.79 Å². The molecule has 5 N–H and O–H groups in total. The SMILES string of the molecule is NC(=O)c1cnc(-c2ccc3c(c2)CNCC3)nc1N. The van der Waals surface area contributed by atoms with Crippen LogP contribution >= 0.6 is 0 Å². The van der Waals surface area contributed by atoms with Crippen molar-refractivity contribution in [2.75, 3.05) is 12.3 Å². The lowest BCUT2D eigenvalue weighted by Crippen LogP contribution is -2.23. The number of anilines is 1. The molecule has 0 spiro atoms. The van der Waals surface area contributed by atoms with Gasteiger partial charge in [0.15, 0.2) is 5.82 Å². The predicted molar refractivity (Wildman–Crippen MR) is 75.8 cm³/mol. The minimum absolute atomic E-state index is 0.110. The largest absolute Gasteiger partial charge is 0.383 e. The van der Waals surface area contributed by atoms with E-state index in [1.165, 1.54) is 17.3 Å². The fourth-order valence-electron chi connectivity index (χ4n) is 2.34. The average molecular weight is 269 g/mol. The van der Waals surface area contributed by atoms with Crippen molar-refractivity contribution in [3.63, 3.8) is 0 Å². The molecule has 1 aliphatic rings. The van der Waals surface area contributed by atoms with E-state index in [-0.39, 0.29) is 11.4 Å². The van der Waals surface area contributed by atoms with Crippen LogP contribution in [0.4, 0.5) is 5.82 Å². The van der Waals surface area contributed by atoms with E-state index in [4.69, 9.17) is 11.5 Å². The Labute approximate surface area is 116 Å². The second-order valence-electron chi connectivity index (χ2n) is 4.77. The zero-order valence-corrected chi connectivity index (χ0v) is 10.9. The van der Waals surface area contributed by atoms with Crippen LogP contribution in [-0.2, 0) is 13.0 Å². The van der Waals surface area contributed by atoms with Gasteiger partial charge in [-0.2, -0.15) is 0 Å². The monoisotopic (exact) mass is 269 g/mol. The van der Waals surface area contributed by atoms with E-state index in [1.54, 1.807) is 0 Å². The van der Waals surface area contributed by atoms with E-state index in [0.717, 1.165) is 25.1 Å². The number of nitrogens with zero attached hydrogens (tertiary/aromatic N) is 2. The highest BCUT2D eigenvalue weighted by atomic mass is 16.1. The number of hydrogen-bond acceptors (Lipinski definition) is 5. The molecule has 0 atom stereocenters. The molecule has 1 aromatic carbocycles. The molecule has 0 saturated heterocycles. The Morgan fingerprint density at radius 1 is 1.30 bits per heavy atom.